The molecule has 3 nitrogen and oxygen atoms in total. The van der Waals surface area contributed by atoms with Crippen molar-refractivity contribution in [3.63, 3.8) is 0 Å². The van der Waals surface area contributed by atoms with Crippen molar-refractivity contribution in [2.45, 2.75) is 32.6 Å². The number of halogens is 1. The van der Waals surface area contributed by atoms with Crippen LogP contribution in [0.25, 0.3) is 0 Å². The van der Waals surface area contributed by atoms with Crippen LogP contribution in [0.4, 0.5) is 0 Å². The maximum Gasteiger partial charge on any atom is 0.316 e. The highest BCUT2D eigenvalue weighted by molar-refractivity contribution is 9.10. The van der Waals surface area contributed by atoms with Gasteiger partial charge in [0.15, 0.2) is 5.78 Å². The lowest BCUT2D eigenvalue weighted by Gasteiger charge is -2.13. The molecule has 0 heterocycles. The van der Waals surface area contributed by atoms with E-state index in [1.54, 1.807) is 0 Å². The Bertz CT molecular complexity index is 443. The molecule has 0 aliphatic carbocycles. The Morgan fingerprint density at radius 3 is 2.58 bits per heavy atom. The van der Waals surface area contributed by atoms with E-state index in [-0.39, 0.29) is 12.2 Å². The minimum Gasteiger partial charge on any atom is -0.468 e. The Labute approximate surface area is 122 Å². The zero-order valence-electron chi connectivity index (χ0n) is 11.3. The van der Waals surface area contributed by atoms with Crippen molar-refractivity contribution < 1.29 is 14.3 Å². The summed E-state index contributed by atoms with van der Waals surface area (Å²) in [6.07, 6.45) is 2.62. The average molecular weight is 327 g/mol. The standard InChI is InChI=1S/C15H19BrO3/c1-3-4-8-12(15(18)19-2)14(17)10-11-7-5-6-9-13(11)16/h5-7,9,12H,3-4,8,10H2,1-2H3. The topological polar surface area (TPSA) is 43.4 Å². The van der Waals surface area contributed by atoms with Gasteiger partial charge in [-0.2, -0.15) is 0 Å². The molecule has 0 aliphatic rings. The van der Waals surface area contributed by atoms with Crippen LogP contribution in [0, 0.1) is 5.92 Å². The molecule has 0 amide bonds. The molecule has 0 saturated carbocycles. The third-order valence-electron chi connectivity index (χ3n) is 3.04. The van der Waals surface area contributed by atoms with Crippen LogP contribution in [0.5, 0.6) is 0 Å². The van der Waals surface area contributed by atoms with Crippen LogP contribution < -0.4 is 0 Å². The molecule has 19 heavy (non-hydrogen) atoms. The first-order chi connectivity index (χ1) is 9.10. The number of esters is 1. The molecule has 1 aromatic carbocycles. The number of carbonyl (C=O) groups excluding carboxylic acids is 2. The van der Waals surface area contributed by atoms with Crippen LogP contribution in [-0.2, 0) is 20.7 Å². The molecular weight excluding hydrogens is 308 g/mol. The molecule has 1 unspecified atom stereocenters. The highest BCUT2D eigenvalue weighted by Crippen LogP contribution is 2.20. The van der Waals surface area contributed by atoms with Gasteiger partial charge < -0.3 is 4.74 Å². The third kappa shape index (κ3) is 4.78. The first-order valence-corrected chi connectivity index (χ1v) is 7.23. The summed E-state index contributed by atoms with van der Waals surface area (Å²) in [4.78, 5) is 23.9. The van der Waals surface area contributed by atoms with Gasteiger partial charge in [0.25, 0.3) is 0 Å². The van der Waals surface area contributed by atoms with E-state index < -0.39 is 11.9 Å². The van der Waals surface area contributed by atoms with Gasteiger partial charge in [-0.3, -0.25) is 9.59 Å². The van der Waals surface area contributed by atoms with Crippen molar-refractivity contribution >= 4 is 27.7 Å². The van der Waals surface area contributed by atoms with Crippen molar-refractivity contribution in [2.24, 2.45) is 5.92 Å². The van der Waals surface area contributed by atoms with Crippen LogP contribution in [0.2, 0.25) is 0 Å². The first kappa shape index (κ1) is 15.9. The van der Waals surface area contributed by atoms with Crippen LogP contribution in [0.3, 0.4) is 0 Å². The maximum atomic E-state index is 12.2. The number of Topliss-reactive ketones (excluding diaryl/α,β-unsaturated/α-hetero) is 1. The van der Waals surface area contributed by atoms with Crippen LogP contribution >= 0.6 is 15.9 Å². The predicted octanol–water partition coefficient (Wildman–Crippen LogP) is 3.54. The summed E-state index contributed by atoms with van der Waals surface area (Å²) in [6.45, 7) is 2.03. The molecule has 0 N–H and O–H groups in total. The van der Waals surface area contributed by atoms with Crippen molar-refractivity contribution in [3.05, 3.63) is 34.3 Å². The van der Waals surface area contributed by atoms with E-state index in [0.29, 0.717) is 6.42 Å². The lowest BCUT2D eigenvalue weighted by atomic mass is 9.93. The zero-order valence-corrected chi connectivity index (χ0v) is 12.9. The van der Waals surface area contributed by atoms with Crippen molar-refractivity contribution in [2.75, 3.05) is 7.11 Å². The molecule has 0 aliphatic heterocycles. The second-order valence-corrected chi connectivity index (χ2v) is 5.31. The SMILES string of the molecule is CCCCC(C(=O)Cc1ccccc1Br)C(=O)OC. The highest BCUT2D eigenvalue weighted by atomic mass is 79.9. The summed E-state index contributed by atoms with van der Waals surface area (Å²) in [6, 6.07) is 7.55. The molecule has 0 bridgehead atoms. The summed E-state index contributed by atoms with van der Waals surface area (Å²) in [5, 5.41) is 0. The van der Waals surface area contributed by atoms with Crippen LogP contribution in [-0.4, -0.2) is 18.9 Å². The van der Waals surface area contributed by atoms with Gasteiger partial charge >= 0.3 is 5.97 Å². The first-order valence-electron chi connectivity index (χ1n) is 6.44. The Hall–Kier alpha value is -1.16. The van der Waals surface area contributed by atoms with Crippen molar-refractivity contribution in [1.29, 1.82) is 0 Å². The number of hydrogen-bond acceptors (Lipinski definition) is 3. The number of methoxy groups -OCH3 is 1. The quantitative estimate of drug-likeness (QED) is 0.568. The van der Waals surface area contributed by atoms with Gasteiger partial charge in [0, 0.05) is 10.9 Å². The molecule has 0 spiro atoms. The molecule has 0 aromatic heterocycles. The summed E-state index contributed by atoms with van der Waals surface area (Å²) < 4.78 is 5.62. The summed E-state index contributed by atoms with van der Waals surface area (Å²) >= 11 is 3.41. The highest BCUT2D eigenvalue weighted by Gasteiger charge is 2.26. The molecule has 1 rings (SSSR count). The Morgan fingerprint density at radius 1 is 1.32 bits per heavy atom. The summed E-state index contributed by atoms with van der Waals surface area (Å²) in [5.41, 5.74) is 0.901. The molecule has 104 valence electrons. The number of carbonyl (C=O) groups is 2. The fourth-order valence-corrected chi connectivity index (χ4v) is 2.34. The Kier molecular flexibility index (Phi) is 6.78. The summed E-state index contributed by atoms with van der Waals surface area (Å²) in [5.74, 6) is -1.14. The fourth-order valence-electron chi connectivity index (χ4n) is 1.91. The van der Waals surface area contributed by atoms with Gasteiger partial charge in [0.2, 0.25) is 0 Å². The minimum atomic E-state index is -0.642. The molecule has 4 heteroatoms. The number of rotatable bonds is 7. The number of benzene rings is 1. The number of ether oxygens (including phenoxy) is 1. The Balaban J connectivity index is 2.77. The maximum absolute atomic E-state index is 12.2. The minimum absolute atomic E-state index is 0.0767. The molecule has 0 fully saturated rings. The van der Waals surface area contributed by atoms with Gasteiger partial charge in [0.1, 0.15) is 5.92 Å². The van der Waals surface area contributed by atoms with Gasteiger partial charge in [-0.05, 0) is 18.1 Å². The number of unbranched alkanes of at least 4 members (excludes halogenated alkanes) is 1. The normalized spacial score (nSPS) is 11.9. The van der Waals surface area contributed by atoms with Gasteiger partial charge in [-0.15, -0.1) is 0 Å². The largest absolute Gasteiger partial charge is 0.468 e. The van der Waals surface area contributed by atoms with Crippen molar-refractivity contribution in [3.8, 4) is 0 Å². The lowest BCUT2D eigenvalue weighted by molar-refractivity contribution is -0.149. The molecule has 0 saturated heterocycles. The smallest absolute Gasteiger partial charge is 0.316 e. The zero-order chi connectivity index (χ0) is 14.3. The fraction of sp³-hybridized carbons (Fsp3) is 0.467. The number of ketones is 1. The van der Waals surface area contributed by atoms with E-state index in [1.807, 2.05) is 31.2 Å². The Morgan fingerprint density at radius 2 is 2.00 bits per heavy atom. The van der Waals surface area contributed by atoms with E-state index >= 15 is 0 Å². The van der Waals surface area contributed by atoms with Crippen molar-refractivity contribution in [1.82, 2.24) is 0 Å². The second kappa shape index (κ2) is 8.10. The third-order valence-corrected chi connectivity index (χ3v) is 3.82. The molecule has 1 atom stereocenters. The van der Waals surface area contributed by atoms with Crippen LogP contribution in [0.1, 0.15) is 31.7 Å². The van der Waals surface area contributed by atoms with E-state index in [9.17, 15) is 9.59 Å². The predicted molar refractivity (Wildman–Crippen MR) is 77.9 cm³/mol. The second-order valence-electron chi connectivity index (χ2n) is 4.45. The number of hydrogen-bond donors (Lipinski definition) is 0. The van der Waals surface area contributed by atoms with Gasteiger partial charge in [-0.1, -0.05) is 53.9 Å². The van der Waals surface area contributed by atoms with E-state index in [4.69, 9.17) is 4.74 Å². The van der Waals surface area contributed by atoms with Crippen LogP contribution in [0.15, 0.2) is 28.7 Å². The van der Waals surface area contributed by atoms with E-state index in [1.165, 1.54) is 7.11 Å². The molecule has 0 radical (unpaired) electrons. The molecular formula is C15H19BrO3. The lowest BCUT2D eigenvalue weighted by Crippen LogP contribution is -2.26. The van der Waals surface area contributed by atoms with E-state index in [0.717, 1.165) is 22.9 Å². The van der Waals surface area contributed by atoms with Gasteiger partial charge in [-0.25, -0.2) is 0 Å². The molecule has 1 aromatic rings. The van der Waals surface area contributed by atoms with E-state index in [2.05, 4.69) is 15.9 Å². The monoisotopic (exact) mass is 326 g/mol. The summed E-state index contributed by atoms with van der Waals surface area (Å²) in [7, 11) is 1.33. The average Bonchev–Trinajstić information content (AvgIpc) is 2.41. The van der Waals surface area contributed by atoms with Gasteiger partial charge in [0.05, 0.1) is 7.11 Å².